The molecule has 0 saturated heterocycles. The summed E-state index contributed by atoms with van der Waals surface area (Å²) in [4.78, 5) is 0. The predicted octanol–water partition coefficient (Wildman–Crippen LogP) is 3.94. The molecular formula is C13H17F3O2. The topological polar surface area (TPSA) is 40.5 Å². The zero-order valence-electron chi connectivity index (χ0n) is 9.95. The highest BCUT2D eigenvalue weighted by Crippen LogP contribution is 2.25. The molecule has 1 rings (SSSR count). The predicted molar refractivity (Wildman–Crippen MR) is 62.2 cm³/mol. The molecule has 0 bridgehead atoms. The van der Waals surface area contributed by atoms with Gasteiger partial charge in [0.1, 0.15) is 5.75 Å². The number of aromatic hydroxyl groups is 1. The monoisotopic (exact) mass is 262 g/mol. The van der Waals surface area contributed by atoms with Crippen molar-refractivity contribution in [2.24, 2.45) is 0 Å². The van der Waals surface area contributed by atoms with Crippen molar-refractivity contribution in [3.8, 4) is 5.75 Å². The van der Waals surface area contributed by atoms with Gasteiger partial charge in [-0.3, -0.25) is 0 Å². The summed E-state index contributed by atoms with van der Waals surface area (Å²) in [6.07, 6.45) is -3.99. The van der Waals surface area contributed by atoms with Crippen molar-refractivity contribution in [3.63, 3.8) is 0 Å². The first-order valence-corrected chi connectivity index (χ1v) is 5.92. The second-order valence-electron chi connectivity index (χ2n) is 4.32. The molecular weight excluding hydrogens is 245 g/mol. The molecule has 0 fully saturated rings. The van der Waals surface area contributed by atoms with Crippen molar-refractivity contribution >= 4 is 0 Å². The minimum Gasteiger partial charge on any atom is -0.508 e. The Kier molecular flexibility index (Phi) is 5.47. The van der Waals surface area contributed by atoms with Crippen molar-refractivity contribution in [1.29, 1.82) is 0 Å². The molecule has 2 N–H and O–H groups in total. The third-order valence-electron chi connectivity index (χ3n) is 2.72. The Hall–Kier alpha value is -1.23. The number of hydrogen-bond donors (Lipinski definition) is 2. The van der Waals surface area contributed by atoms with Crippen LogP contribution in [-0.2, 0) is 0 Å². The Morgan fingerprint density at radius 2 is 1.61 bits per heavy atom. The highest BCUT2D eigenvalue weighted by Gasteiger charge is 2.25. The molecule has 0 amide bonds. The Labute approximate surface area is 104 Å². The average Bonchev–Trinajstić information content (AvgIpc) is 2.27. The molecule has 0 aromatic heterocycles. The highest BCUT2D eigenvalue weighted by atomic mass is 19.4. The van der Waals surface area contributed by atoms with E-state index in [1.165, 1.54) is 12.1 Å². The Morgan fingerprint density at radius 3 is 2.17 bits per heavy atom. The van der Waals surface area contributed by atoms with Gasteiger partial charge in [-0.1, -0.05) is 25.0 Å². The van der Waals surface area contributed by atoms with Crippen LogP contribution in [0.2, 0.25) is 0 Å². The molecule has 0 aliphatic carbocycles. The second kappa shape index (κ2) is 6.64. The molecule has 102 valence electrons. The number of alkyl halides is 3. The van der Waals surface area contributed by atoms with Gasteiger partial charge in [-0.15, -0.1) is 0 Å². The van der Waals surface area contributed by atoms with Crippen LogP contribution < -0.4 is 0 Å². The number of halogens is 3. The molecule has 5 heteroatoms. The van der Waals surface area contributed by atoms with Crippen LogP contribution in [0.3, 0.4) is 0 Å². The first-order valence-electron chi connectivity index (χ1n) is 5.92. The van der Waals surface area contributed by atoms with Crippen LogP contribution in [0.15, 0.2) is 24.3 Å². The van der Waals surface area contributed by atoms with Crippen molar-refractivity contribution in [2.75, 3.05) is 0 Å². The van der Waals surface area contributed by atoms with Gasteiger partial charge in [-0.2, -0.15) is 13.2 Å². The summed E-state index contributed by atoms with van der Waals surface area (Å²) in [6.45, 7) is 0. The smallest absolute Gasteiger partial charge is 0.389 e. The lowest BCUT2D eigenvalue weighted by Crippen LogP contribution is -2.06. The van der Waals surface area contributed by atoms with Crippen LogP contribution in [0, 0.1) is 0 Å². The van der Waals surface area contributed by atoms with Gasteiger partial charge in [-0.05, 0) is 30.5 Å². The SMILES string of the molecule is Oc1ccc(C(O)CCCCCC(F)(F)F)cc1. The lowest BCUT2D eigenvalue weighted by Gasteiger charge is -2.11. The number of aliphatic hydroxyl groups is 1. The van der Waals surface area contributed by atoms with Crippen molar-refractivity contribution < 1.29 is 23.4 Å². The molecule has 0 aliphatic rings. The number of benzene rings is 1. The summed E-state index contributed by atoms with van der Waals surface area (Å²) >= 11 is 0. The number of phenolic OH excluding ortho intramolecular Hbond substituents is 1. The summed E-state index contributed by atoms with van der Waals surface area (Å²) in [5.74, 6) is 0.121. The van der Waals surface area contributed by atoms with Crippen LogP contribution >= 0.6 is 0 Å². The van der Waals surface area contributed by atoms with E-state index in [1.807, 2.05) is 0 Å². The van der Waals surface area contributed by atoms with Crippen LogP contribution in [0.25, 0.3) is 0 Å². The van der Waals surface area contributed by atoms with Crippen molar-refractivity contribution in [1.82, 2.24) is 0 Å². The van der Waals surface area contributed by atoms with Gasteiger partial charge in [0.05, 0.1) is 6.10 Å². The van der Waals surface area contributed by atoms with E-state index < -0.39 is 18.7 Å². The fourth-order valence-electron chi connectivity index (χ4n) is 1.70. The molecule has 0 saturated carbocycles. The van der Waals surface area contributed by atoms with Gasteiger partial charge in [0, 0.05) is 6.42 Å². The molecule has 1 aromatic carbocycles. The van der Waals surface area contributed by atoms with Crippen LogP contribution in [0.4, 0.5) is 13.2 Å². The lowest BCUT2D eigenvalue weighted by atomic mass is 10.0. The molecule has 18 heavy (non-hydrogen) atoms. The number of rotatable bonds is 6. The standard InChI is InChI=1S/C13H17F3O2/c14-13(15,16)9-3-1-2-4-12(18)10-5-7-11(17)8-6-10/h5-8,12,17-18H,1-4,9H2. The number of phenols is 1. The van der Waals surface area contributed by atoms with E-state index in [2.05, 4.69) is 0 Å². The molecule has 0 spiro atoms. The molecule has 0 aliphatic heterocycles. The van der Waals surface area contributed by atoms with E-state index in [0.29, 0.717) is 24.8 Å². The van der Waals surface area contributed by atoms with Crippen LogP contribution in [-0.4, -0.2) is 16.4 Å². The maximum atomic E-state index is 11.9. The van der Waals surface area contributed by atoms with Gasteiger partial charge < -0.3 is 10.2 Å². The van der Waals surface area contributed by atoms with Gasteiger partial charge >= 0.3 is 6.18 Å². The Bertz CT molecular complexity index is 346. The van der Waals surface area contributed by atoms with E-state index in [1.54, 1.807) is 12.1 Å². The minimum absolute atomic E-state index is 0.103. The maximum Gasteiger partial charge on any atom is 0.389 e. The van der Waals surface area contributed by atoms with E-state index in [0.717, 1.165) is 0 Å². The Balaban J connectivity index is 2.21. The van der Waals surface area contributed by atoms with Crippen LogP contribution in [0.5, 0.6) is 5.75 Å². The van der Waals surface area contributed by atoms with E-state index in [4.69, 9.17) is 5.11 Å². The fourth-order valence-corrected chi connectivity index (χ4v) is 1.70. The van der Waals surface area contributed by atoms with E-state index in [-0.39, 0.29) is 12.2 Å². The molecule has 1 unspecified atom stereocenters. The summed E-state index contributed by atoms with van der Waals surface area (Å²) in [5.41, 5.74) is 0.670. The molecule has 0 heterocycles. The van der Waals surface area contributed by atoms with Gasteiger partial charge in [-0.25, -0.2) is 0 Å². The summed E-state index contributed by atoms with van der Waals surface area (Å²) in [7, 11) is 0. The van der Waals surface area contributed by atoms with Gasteiger partial charge in [0.25, 0.3) is 0 Å². The minimum atomic E-state index is -4.09. The number of hydrogen-bond acceptors (Lipinski definition) is 2. The van der Waals surface area contributed by atoms with Gasteiger partial charge in [0.15, 0.2) is 0 Å². The quantitative estimate of drug-likeness (QED) is 0.762. The van der Waals surface area contributed by atoms with E-state index >= 15 is 0 Å². The van der Waals surface area contributed by atoms with E-state index in [9.17, 15) is 18.3 Å². The highest BCUT2D eigenvalue weighted by molar-refractivity contribution is 5.27. The first-order chi connectivity index (χ1) is 8.38. The zero-order chi connectivity index (χ0) is 13.6. The molecule has 1 aromatic rings. The summed E-state index contributed by atoms with van der Waals surface area (Å²) in [6, 6.07) is 6.16. The zero-order valence-corrected chi connectivity index (χ0v) is 9.95. The van der Waals surface area contributed by atoms with Crippen molar-refractivity contribution in [2.45, 2.75) is 44.4 Å². The lowest BCUT2D eigenvalue weighted by molar-refractivity contribution is -0.135. The molecule has 2 nitrogen and oxygen atoms in total. The largest absolute Gasteiger partial charge is 0.508 e. The molecule has 0 radical (unpaired) electrons. The fraction of sp³-hybridized carbons (Fsp3) is 0.538. The van der Waals surface area contributed by atoms with Crippen LogP contribution in [0.1, 0.15) is 43.8 Å². The summed E-state index contributed by atoms with van der Waals surface area (Å²) in [5, 5.41) is 18.8. The normalized spacial score (nSPS) is 13.6. The Morgan fingerprint density at radius 1 is 1.00 bits per heavy atom. The van der Waals surface area contributed by atoms with Gasteiger partial charge in [0.2, 0.25) is 0 Å². The molecule has 1 atom stereocenters. The number of aliphatic hydroxyl groups excluding tert-OH is 1. The number of unbranched alkanes of at least 4 members (excludes halogenated alkanes) is 2. The third-order valence-corrected chi connectivity index (χ3v) is 2.72. The second-order valence-corrected chi connectivity index (χ2v) is 4.32. The third kappa shape index (κ3) is 5.91. The first kappa shape index (κ1) is 14.8. The summed E-state index contributed by atoms with van der Waals surface area (Å²) < 4.78 is 35.6. The van der Waals surface area contributed by atoms with Crippen molar-refractivity contribution in [3.05, 3.63) is 29.8 Å². The maximum absolute atomic E-state index is 11.9. The average molecular weight is 262 g/mol.